The molecule has 1 aliphatic rings. The number of hydrogen-bond acceptors (Lipinski definition) is 4. The van der Waals surface area contributed by atoms with Crippen LogP contribution < -0.4 is 5.32 Å². The first-order valence-corrected chi connectivity index (χ1v) is 9.44. The minimum atomic E-state index is -0.224. The van der Waals surface area contributed by atoms with Crippen molar-refractivity contribution in [1.29, 1.82) is 0 Å². The number of carbonyl (C=O) groups excluding carboxylic acids is 1. The summed E-state index contributed by atoms with van der Waals surface area (Å²) in [4.78, 5) is 17.3. The summed E-state index contributed by atoms with van der Waals surface area (Å²) in [5.41, 5.74) is 3.75. The highest BCUT2D eigenvalue weighted by atomic mass is 79.9. The van der Waals surface area contributed by atoms with E-state index in [2.05, 4.69) is 26.3 Å². The molecule has 0 saturated carbocycles. The molecule has 3 aromatic rings. The van der Waals surface area contributed by atoms with Crippen LogP contribution in [-0.4, -0.2) is 39.8 Å². The minimum Gasteiger partial charge on any atom is -0.376 e. The van der Waals surface area contributed by atoms with E-state index in [4.69, 9.17) is 9.72 Å². The van der Waals surface area contributed by atoms with Crippen molar-refractivity contribution >= 4 is 27.5 Å². The summed E-state index contributed by atoms with van der Waals surface area (Å²) in [6, 6.07) is 11.9. The largest absolute Gasteiger partial charge is 0.376 e. The van der Waals surface area contributed by atoms with Crippen molar-refractivity contribution in [2.24, 2.45) is 0 Å². The molecule has 0 spiro atoms. The van der Waals surface area contributed by atoms with E-state index in [0.717, 1.165) is 36.4 Å². The highest BCUT2D eigenvalue weighted by Crippen LogP contribution is 2.26. The Kier molecular flexibility index (Phi) is 4.74. The Balaban J connectivity index is 1.65. The van der Waals surface area contributed by atoms with Gasteiger partial charge in [0.2, 0.25) is 0 Å². The zero-order valence-corrected chi connectivity index (χ0v) is 16.0. The van der Waals surface area contributed by atoms with Crippen molar-refractivity contribution in [2.75, 3.05) is 13.2 Å². The van der Waals surface area contributed by atoms with Gasteiger partial charge in [0.25, 0.3) is 5.91 Å². The van der Waals surface area contributed by atoms with Gasteiger partial charge >= 0.3 is 0 Å². The van der Waals surface area contributed by atoms with Gasteiger partial charge in [0, 0.05) is 24.4 Å². The Bertz CT molecular complexity index is 949. The van der Waals surface area contributed by atoms with Crippen LogP contribution in [0.4, 0.5) is 0 Å². The number of ether oxygens (including phenoxy) is 1. The standard InChI is InChI=1S/C19H19BrN4O2/c1-12-10-15(13-6-3-2-4-7-13)22-18-16(20)17(23-24(12)18)19(25)21-11-14-8-5-9-26-14/h2-4,6-7,10,14H,5,8-9,11H2,1H3,(H,21,25). The lowest BCUT2D eigenvalue weighted by molar-refractivity contribution is 0.0853. The van der Waals surface area contributed by atoms with Crippen molar-refractivity contribution in [3.63, 3.8) is 0 Å². The molecule has 1 aliphatic heterocycles. The van der Waals surface area contributed by atoms with Crippen molar-refractivity contribution < 1.29 is 9.53 Å². The number of rotatable bonds is 4. The molecule has 1 unspecified atom stereocenters. The maximum atomic E-state index is 12.6. The first kappa shape index (κ1) is 17.2. The topological polar surface area (TPSA) is 68.5 Å². The third kappa shape index (κ3) is 3.24. The third-order valence-electron chi connectivity index (χ3n) is 4.51. The number of amides is 1. The lowest BCUT2D eigenvalue weighted by Crippen LogP contribution is -2.32. The number of carbonyl (C=O) groups is 1. The molecule has 2 aromatic heterocycles. The van der Waals surface area contributed by atoms with E-state index in [9.17, 15) is 4.79 Å². The van der Waals surface area contributed by atoms with Gasteiger partial charge in [-0.15, -0.1) is 0 Å². The molecule has 6 nitrogen and oxygen atoms in total. The van der Waals surface area contributed by atoms with Gasteiger partial charge in [-0.25, -0.2) is 9.50 Å². The summed E-state index contributed by atoms with van der Waals surface area (Å²) in [5.74, 6) is -0.224. The van der Waals surface area contributed by atoms with E-state index < -0.39 is 0 Å². The monoisotopic (exact) mass is 414 g/mol. The molecular formula is C19H19BrN4O2. The zero-order valence-electron chi connectivity index (χ0n) is 14.4. The van der Waals surface area contributed by atoms with E-state index in [-0.39, 0.29) is 12.0 Å². The normalized spacial score (nSPS) is 16.9. The van der Waals surface area contributed by atoms with Crippen molar-refractivity contribution in [1.82, 2.24) is 19.9 Å². The fourth-order valence-electron chi connectivity index (χ4n) is 3.14. The Morgan fingerprint density at radius 2 is 2.19 bits per heavy atom. The van der Waals surface area contributed by atoms with Crippen LogP contribution in [0.3, 0.4) is 0 Å². The summed E-state index contributed by atoms with van der Waals surface area (Å²) in [6.45, 7) is 3.22. The Morgan fingerprint density at radius 1 is 1.38 bits per heavy atom. The number of aromatic nitrogens is 3. The second-order valence-electron chi connectivity index (χ2n) is 6.39. The predicted molar refractivity (Wildman–Crippen MR) is 102 cm³/mol. The molecule has 1 atom stereocenters. The van der Waals surface area contributed by atoms with Crippen LogP contribution in [0.2, 0.25) is 0 Å². The average Bonchev–Trinajstić information content (AvgIpc) is 3.29. The molecule has 1 aromatic carbocycles. The smallest absolute Gasteiger partial charge is 0.273 e. The maximum Gasteiger partial charge on any atom is 0.273 e. The Labute approximate surface area is 159 Å². The summed E-state index contributed by atoms with van der Waals surface area (Å²) in [5, 5.41) is 7.36. The molecule has 1 amide bonds. The SMILES string of the molecule is Cc1cc(-c2ccccc2)nc2c(Br)c(C(=O)NCC3CCCO3)nn12. The molecule has 1 saturated heterocycles. The first-order chi connectivity index (χ1) is 12.6. The molecule has 0 aliphatic carbocycles. The van der Waals surface area contributed by atoms with Crippen LogP contribution in [0.1, 0.15) is 29.0 Å². The Hall–Kier alpha value is -2.25. The highest BCUT2D eigenvalue weighted by molar-refractivity contribution is 9.10. The minimum absolute atomic E-state index is 0.0966. The lowest BCUT2D eigenvalue weighted by atomic mass is 10.1. The fourth-order valence-corrected chi connectivity index (χ4v) is 3.65. The van der Waals surface area contributed by atoms with Crippen LogP contribution in [-0.2, 0) is 4.74 Å². The van der Waals surface area contributed by atoms with E-state index in [1.165, 1.54) is 0 Å². The van der Waals surface area contributed by atoms with Crippen LogP contribution >= 0.6 is 15.9 Å². The van der Waals surface area contributed by atoms with Gasteiger partial charge in [-0.3, -0.25) is 4.79 Å². The number of halogens is 1. The predicted octanol–water partition coefficient (Wildman–Crippen LogP) is 3.38. The second-order valence-corrected chi connectivity index (χ2v) is 7.18. The summed E-state index contributed by atoms with van der Waals surface area (Å²) in [6.07, 6.45) is 2.12. The number of hydrogen-bond donors (Lipinski definition) is 1. The molecule has 3 heterocycles. The quantitative estimate of drug-likeness (QED) is 0.710. The number of benzene rings is 1. The summed E-state index contributed by atoms with van der Waals surface area (Å²) < 4.78 is 7.84. The summed E-state index contributed by atoms with van der Waals surface area (Å²) in [7, 11) is 0. The van der Waals surface area contributed by atoms with Crippen LogP contribution in [0.25, 0.3) is 16.9 Å². The zero-order chi connectivity index (χ0) is 18.1. The number of nitrogens with zero attached hydrogens (tertiary/aromatic N) is 3. The van der Waals surface area contributed by atoms with Gasteiger partial charge in [-0.05, 0) is 41.8 Å². The van der Waals surface area contributed by atoms with E-state index in [1.807, 2.05) is 43.3 Å². The van der Waals surface area contributed by atoms with Crippen molar-refractivity contribution in [2.45, 2.75) is 25.9 Å². The molecule has 7 heteroatoms. The molecule has 4 rings (SSSR count). The third-order valence-corrected chi connectivity index (χ3v) is 5.24. The molecule has 26 heavy (non-hydrogen) atoms. The van der Waals surface area contributed by atoms with Gasteiger partial charge < -0.3 is 10.1 Å². The Morgan fingerprint density at radius 3 is 2.92 bits per heavy atom. The highest BCUT2D eigenvalue weighted by Gasteiger charge is 2.22. The molecule has 134 valence electrons. The number of aryl methyl sites for hydroxylation is 1. The second kappa shape index (κ2) is 7.17. The van der Waals surface area contributed by atoms with Crippen LogP contribution in [0, 0.1) is 6.92 Å². The molecule has 1 fully saturated rings. The van der Waals surface area contributed by atoms with Gasteiger partial charge in [0.05, 0.1) is 16.3 Å². The van der Waals surface area contributed by atoms with Crippen LogP contribution in [0.5, 0.6) is 0 Å². The van der Waals surface area contributed by atoms with E-state index >= 15 is 0 Å². The van der Waals surface area contributed by atoms with Crippen molar-refractivity contribution in [3.8, 4) is 11.3 Å². The van der Waals surface area contributed by atoms with Gasteiger partial charge in [0.15, 0.2) is 11.3 Å². The molecule has 0 radical (unpaired) electrons. The van der Waals surface area contributed by atoms with Gasteiger partial charge in [-0.2, -0.15) is 5.10 Å². The van der Waals surface area contributed by atoms with E-state index in [0.29, 0.717) is 22.4 Å². The van der Waals surface area contributed by atoms with Crippen LogP contribution in [0.15, 0.2) is 40.9 Å². The lowest BCUT2D eigenvalue weighted by Gasteiger charge is -2.09. The van der Waals surface area contributed by atoms with Gasteiger partial charge in [0.1, 0.15) is 0 Å². The summed E-state index contributed by atoms with van der Waals surface area (Å²) >= 11 is 3.51. The number of fused-ring (bicyclic) bond motifs is 1. The van der Waals surface area contributed by atoms with Crippen molar-refractivity contribution in [3.05, 3.63) is 52.3 Å². The average molecular weight is 415 g/mol. The first-order valence-electron chi connectivity index (χ1n) is 8.64. The fraction of sp³-hybridized carbons (Fsp3) is 0.316. The number of nitrogens with one attached hydrogen (secondary N) is 1. The molecular weight excluding hydrogens is 396 g/mol. The molecule has 1 N–H and O–H groups in total. The van der Waals surface area contributed by atoms with Gasteiger partial charge in [-0.1, -0.05) is 30.3 Å². The van der Waals surface area contributed by atoms with E-state index in [1.54, 1.807) is 4.52 Å². The maximum absolute atomic E-state index is 12.6. The molecule has 0 bridgehead atoms.